The maximum Gasteiger partial charge on any atom is 0.275 e. The Morgan fingerprint density at radius 3 is 2.80 bits per heavy atom. The van der Waals surface area contributed by atoms with Gasteiger partial charge in [-0.2, -0.15) is 0 Å². The van der Waals surface area contributed by atoms with E-state index in [1.54, 1.807) is 30.3 Å². The van der Waals surface area contributed by atoms with Gasteiger partial charge in [0.25, 0.3) is 17.0 Å². The van der Waals surface area contributed by atoms with Crippen LogP contribution in [-0.2, 0) is 19.4 Å². The van der Waals surface area contributed by atoms with Gasteiger partial charge in [0, 0.05) is 12.2 Å². The van der Waals surface area contributed by atoms with E-state index in [9.17, 15) is 14.4 Å². The Morgan fingerprint density at radius 2 is 2.03 bits per heavy atom. The third-order valence-electron chi connectivity index (χ3n) is 5.65. The quantitative estimate of drug-likeness (QED) is 0.576. The van der Waals surface area contributed by atoms with E-state index >= 15 is 0 Å². The highest BCUT2D eigenvalue weighted by Crippen LogP contribution is 2.33. The SMILES string of the molecule is CCn1c(NNC(=O)c2cc3c([nH]c2=O)CCC(C)(C)C3)nc2ccccc2c1=O. The van der Waals surface area contributed by atoms with Crippen molar-refractivity contribution < 1.29 is 4.79 Å². The van der Waals surface area contributed by atoms with Gasteiger partial charge in [0.05, 0.1) is 10.9 Å². The van der Waals surface area contributed by atoms with Crippen molar-refractivity contribution in [2.75, 3.05) is 5.43 Å². The monoisotopic (exact) mass is 407 g/mol. The number of fused-ring (bicyclic) bond motifs is 2. The average Bonchev–Trinajstić information content (AvgIpc) is 2.71. The maximum absolute atomic E-state index is 12.7. The predicted octanol–water partition coefficient (Wildman–Crippen LogP) is 2.38. The fourth-order valence-electron chi connectivity index (χ4n) is 3.97. The highest BCUT2D eigenvalue weighted by atomic mass is 16.2. The number of benzene rings is 1. The summed E-state index contributed by atoms with van der Waals surface area (Å²) in [6.07, 6.45) is 2.58. The van der Waals surface area contributed by atoms with Gasteiger partial charge in [0.15, 0.2) is 0 Å². The summed E-state index contributed by atoms with van der Waals surface area (Å²) in [5, 5.41) is 0.505. The van der Waals surface area contributed by atoms with Crippen LogP contribution in [0.1, 0.15) is 48.8 Å². The lowest BCUT2D eigenvalue weighted by atomic mass is 9.76. The Balaban J connectivity index is 1.62. The van der Waals surface area contributed by atoms with Crippen molar-refractivity contribution in [1.29, 1.82) is 0 Å². The van der Waals surface area contributed by atoms with E-state index in [-0.39, 0.29) is 22.5 Å². The number of nitrogens with zero attached hydrogens (tertiary/aromatic N) is 2. The molecule has 0 saturated carbocycles. The largest absolute Gasteiger partial charge is 0.325 e. The summed E-state index contributed by atoms with van der Waals surface area (Å²) in [6.45, 7) is 6.56. The number of rotatable bonds is 4. The smallest absolute Gasteiger partial charge is 0.275 e. The van der Waals surface area contributed by atoms with Crippen LogP contribution in [0, 0.1) is 5.41 Å². The van der Waals surface area contributed by atoms with Crippen LogP contribution in [0.2, 0.25) is 0 Å². The second-order valence-electron chi connectivity index (χ2n) is 8.44. The van der Waals surface area contributed by atoms with Crippen LogP contribution in [-0.4, -0.2) is 20.4 Å². The molecule has 2 heterocycles. The normalized spacial score (nSPS) is 14.9. The summed E-state index contributed by atoms with van der Waals surface area (Å²) in [4.78, 5) is 45.1. The minimum atomic E-state index is -0.576. The molecular weight excluding hydrogens is 382 g/mol. The molecular formula is C22H25N5O3. The number of hydrazine groups is 1. The number of anilines is 1. The number of hydrogen-bond acceptors (Lipinski definition) is 5. The molecule has 1 aliphatic rings. The summed E-state index contributed by atoms with van der Waals surface area (Å²) in [5.74, 6) is -0.363. The number of aromatic amines is 1. The minimum absolute atomic E-state index is 0.0325. The summed E-state index contributed by atoms with van der Waals surface area (Å²) in [7, 11) is 0. The molecule has 0 radical (unpaired) electrons. The Morgan fingerprint density at radius 1 is 1.27 bits per heavy atom. The standard InChI is InChI=1S/C22H25N5O3/c1-4-27-20(30)14-7-5-6-8-17(14)24-21(27)26-25-19(29)15-11-13-12-22(2,3)10-9-16(13)23-18(15)28/h5-8,11H,4,9-10,12H2,1-3H3,(H,23,28)(H,24,26)(H,25,29). The van der Waals surface area contributed by atoms with Gasteiger partial charge in [-0.05, 0) is 55.4 Å². The van der Waals surface area contributed by atoms with Gasteiger partial charge < -0.3 is 4.98 Å². The zero-order chi connectivity index (χ0) is 21.5. The van der Waals surface area contributed by atoms with Crippen LogP contribution in [0.4, 0.5) is 5.95 Å². The molecule has 8 nitrogen and oxygen atoms in total. The van der Waals surface area contributed by atoms with Crippen molar-refractivity contribution in [3.63, 3.8) is 0 Å². The fraction of sp³-hybridized carbons (Fsp3) is 0.364. The van der Waals surface area contributed by atoms with Crippen molar-refractivity contribution in [2.45, 2.75) is 46.6 Å². The van der Waals surface area contributed by atoms with Gasteiger partial charge in [-0.3, -0.25) is 29.8 Å². The van der Waals surface area contributed by atoms with E-state index in [0.717, 1.165) is 30.5 Å². The lowest BCUT2D eigenvalue weighted by Crippen LogP contribution is -2.37. The van der Waals surface area contributed by atoms with Gasteiger partial charge >= 0.3 is 0 Å². The van der Waals surface area contributed by atoms with Crippen molar-refractivity contribution in [3.05, 3.63) is 67.9 Å². The van der Waals surface area contributed by atoms with Crippen LogP contribution in [0.3, 0.4) is 0 Å². The number of carbonyl (C=O) groups excluding carboxylic acids is 1. The highest BCUT2D eigenvalue weighted by molar-refractivity contribution is 5.94. The summed E-state index contributed by atoms with van der Waals surface area (Å²) in [5.41, 5.74) is 7.19. The van der Waals surface area contributed by atoms with E-state index in [4.69, 9.17) is 0 Å². The van der Waals surface area contributed by atoms with Gasteiger partial charge in [-0.1, -0.05) is 26.0 Å². The van der Waals surface area contributed by atoms with Crippen LogP contribution in [0.25, 0.3) is 10.9 Å². The Kier molecular flexibility index (Phi) is 4.93. The lowest BCUT2D eigenvalue weighted by Gasteiger charge is -2.31. The molecule has 3 aromatic rings. The molecule has 3 N–H and O–H groups in total. The zero-order valence-corrected chi connectivity index (χ0v) is 17.3. The van der Waals surface area contributed by atoms with E-state index in [1.807, 2.05) is 6.92 Å². The first-order chi connectivity index (χ1) is 14.3. The molecule has 4 rings (SSSR count). The summed E-state index contributed by atoms with van der Waals surface area (Å²) in [6, 6.07) is 8.70. The molecule has 0 aliphatic heterocycles. The minimum Gasteiger partial charge on any atom is -0.325 e. The first kappa shape index (κ1) is 19.9. The molecule has 156 valence electrons. The second-order valence-corrected chi connectivity index (χ2v) is 8.44. The zero-order valence-electron chi connectivity index (χ0n) is 17.3. The predicted molar refractivity (Wildman–Crippen MR) is 116 cm³/mol. The topological polar surface area (TPSA) is 109 Å². The number of amides is 1. The molecule has 1 amide bonds. The average molecular weight is 407 g/mol. The fourth-order valence-corrected chi connectivity index (χ4v) is 3.97. The number of H-pyrrole nitrogens is 1. The van der Waals surface area contributed by atoms with Crippen LogP contribution >= 0.6 is 0 Å². The number of pyridine rings is 1. The van der Waals surface area contributed by atoms with Gasteiger partial charge in [0.2, 0.25) is 5.95 Å². The van der Waals surface area contributed by atoms with E-state index in [1.165, 1.54) is 4.57 Å². The first-order valence-corrected chi connectivity index (χ1v) is 10.1. The Hall–Kier alpha value is -3.42. The van der Waals surface area contributed by atoms with E-state index < -0.39 is 11.5 Å². The molecule has 0 unspecified atom stereocenters. The third-order valence-corrected chi connectivity index (χ3v) is 5.65. The number of aromatic nitrogens is 3. The summed E-state index contributed by atoms with van der Waals surface area (Å²) >= 11 is 0. The number of aryl methyl sites for hydroxylation is 1. The molecule has 1 aromatic carbocycles. The van der Waals surface area contributed by atoms with Gasteiger partial charge in [0.1, 0.15) is 5.56 Å². The van der Waals surface area contributed by atoms with Crippen molar-refractivity contribution in [1.82, 2.24) is 20.0 Å². The first-order valence-electron chi connectivity index (χ1n) is 10.1. The molecule has 0 spiro atoms. The molecule has 0 fully saturated rings. The third kappa shape index (κ3) is 3.60. The molecule has 0 bridgehead atoms. The molecule has 8 heteroatoms. The second kappa shape index (κ2) is 7.44. The molecule has 2 aromatic heterocycles. The van der Waals surface area contributed by atoms with Crippen molar-refractivity contribution >= 4 is 22.8 Å². The van der Waals surface area contributed by atoms with Gasteiger partial charge in [-0.15, -0.1) is 0 Å². The molecule has 0 atom stereocenters. The maximum atomic E-state index is 12.7. The number of nitrogens with one attached hydrogen (secondary N) is 3. The molecule has 1 aliphatic carbocycles. The lowest BCUT2D eigenvalue weighted by molar-refractivity contribution is 0.0960. The molecule has 0 saturated heterocycles. The van der Waals surface area contributed by atoms with Gasteiger partial charge in [-0.25, -0.2) is 4.98 Å². The van der Waals surface area contributed by atoms with E-state index in [0.29, 0.717) is 17.4 Å². The number of carbonyl (C=O) groups is 1. The number of hydrogen-bond donors (Lipinski definition) is 3. The summed E-state index contributed by atoms with van der Waals surface area (Å²) < 4.78 is 1.43. The van der Waals surface area contributed by atoms with Crippen LogP contribution in [0.15, 0.2) is 39.9 Å². The Bertz CT molecular complexity index is 1260. The van der Waals surface area contributed by atoms with E-state index in [2.05, 4.69) is 34.7 Å². The highest BCUT2D eigenvalue weighted by Gasteiger charge is 2.27. The van der Waals surface area contributed by atoms with Crippen LogP contribution < -0.4 is 22.0 Å². The van der Waals surface area contributed by atoms with Crippen molar-refractivity contribution in [2.24, 2.45) is 5.41 Å². The molecule has 30 heavy (non-hydrogen) atoms. The Labute approximate surface area is 173 Å². The van der Waals surface area contributed by atoms with Crippen LogP contribution in [0.5, 0.6) is 0 Å². The van der Waals surface area contributed by atoms with Crippen molar-refractivity contribution in [3.8, 4) is 0 Å². The number of para-hydroxylation sites is 1.